The average Bonchev–Trinajstić information content (AvgIpc) is 2.59. The number of hydrogen-bond acceptors (Lipinski definition) is 4. The zero-order valence-corrected chi connectivity index (χ0v) is 18.9. The lowest BCUT2D eigenvalue weighted by molar-refractivity contribution is -0.318. The van der Waals surface area contributed by atoms with Crippen LogP contribution in [0.3, 0.4) is 0 Å². The molecule has 0 radical (unpaired) electrons. The molecule has 0 atom stereocenters. The minimum Gasteiger partial charge on any atom is -0.549 e. The van der Waals surface area contributed by atoms with Gasteiger partial charge in [-0.05, 0) is 56.6 Å². The van der Waals surface area contributed by atoms with E-state index in [2.05, 4.69) is 32.9 Å². The molecule has 0 heterocycles. The third-order valence-electron chi connectivity index (χ3n) is 5.25. The van der Waals surface area contributed by atoms with E-state index in [9.17, 15) is 14.7 Å². The van der Waals surface area contributed by atoms with Gasteiger partial charge in [0.05, 0.1) is 5.97 Å². The van der Waals surface area contributed by atoms with Gasteiger partial charge in [-0.3, -0.25) is 0 Å². The van der Waals surface area contributed by atoms with Crippen LogP contribution in [0.5, 0.6) is 0 Å². The van der Waals surface area contributed by atoms with E-state index < -0.39 is 17.4 Å². The lowest BCUT2D eigenvalue weighted by Gasteiger charge is -2.32. The van der Waals surface area contributed by atoms with E-state index in [-0.39, 0.29) is 12.0 Å². The summed E-state index contributed by atoms with van der Waals surface area (Å²) < 4.78 is 5.00. The highest BCUT2D eigenvalue weighted by Gasteiger charge is 2.26. The van der Waals surface area contributed by atoms with Crippen LogP contribution in [0.4, 0.5) is 0 Å². The third kappa shape index (κ3) is 8.26. The first-order valence-corrected chi connectivity index (χ1v) is 10.1. The van der Waals surface area contributed by atoms with Crippen molar-refractivity contribution in [2.45, 2.75) is 67.7 Å². The lowest BCUT2D eigenvalue weighted by atomic mass is 9.72. The van der Waals surface area contributed by atoms with Crippen molar-refractivity contribution in [2.75, 3.05) is 6.61 Å². The number of ether oxygens (including phenoxy) is 1. The van der Waals surface area contributed by atoms with E-state index >= 15 is 0 Å². The molecule has 0 unspecified atom stereocenters. The number of carboxylic acid groups (broad SMARTS) is 1. The second-order valence-electron chi connectivity index (χ2n) is 9.20. The van der Waals surface area contributed by atoms with E-state index in [1.54, 1.807) is 6.92 Å². The van der Waals surface area contributed by atoms with Crippen molar-refractivity contribution in [2.24, 2.45) is 10.8 Å². The Morgan fingerprint density at radius 3 is 2.41 bits per heavy atom. The quantitative estimate of drug-likeness (QED) is 0.333. The monoisotopic (exact) mass is 399 g/mol. The van der Waals surface area contributed by atoms with E-state index in [1.807, 2.05) is 25.2 Å². The Morgan fingerprint density at radius 2 is 1.83 bits per heavy atom. The topological polar surface area (TPSA) is 66.4 Å². The molecule has 0 saturated heterocycles. The molecule has 0 aliphatic heterocycles. The third-order valence-corrected chi connectivity index (χ3v) is 5.25. The van der Waals surface area contributed by atoms with Crippen LogP contribution in [0.1, 0.15) is 67.7 Å². The van der Waals surface area contributed by atoms with Gasteiger partial charge in [-0.1, -0.05) is 69.2 Å². The number of allylic oxidation sites excluding steroid dienone is 9. The molecule has 0 N–H and O–H groups in total. The summed E-state index contributed by atoms with van der Waals surface area (Å²) in [6, 6.07) is 0. The smallest absolute Gasteiger partial charge is 0.331 e. The Kier molecular flexibility index (Phi) is 8.87. The molecule has 0 aromatic heterocycles. The normalized spacial score (nSPS) is 18.6. The number of aliphatic carboxylic acids is 1. The molecule has 1 aliphatic carbocycles. The van der Waals surface area contributed by atoms with Gasteiger partial charge in [-0.25, -0.2) is 4.79 Å². The molecule has 0 spiro atoms. The minimum atomic E-state index is -1.25. The molecule has 4 heteroatoms. The predicted octanol–water partition coefficient (Wildman–Crippen LogP) is 4.84. The molecule has 0 amide bonds. The molecule has 1 aliphatic rings. The Labute approximate surface area is 175 Å². The summed E-state index contributed by atoms with van der Waals surface area (Å²) in [5.41, 5.74) is 3.76. The SMILES string of the molecule is CC1=C(/C=C/C(C)=C/C=C/C(C)=C/C(=O)OCC(C)(C)C(=O)[O-])C(C)(C)CCC1. The van der Waals surface area contributed by atoms with Gasteiger partial charge >= 0.3 is 5.97 Å². The minimum absolute atomic E-state index is 0.222. The van der Waals surface area contributed by atoms with Crippen LogP contribution >= 0.6 is 0 Å². The van der Waals surface area contributed by atoms with Crippen molar-refractivity contribution in [3.8, 4) is 0 Å². The maximum atomic E-state index is 11.8. The van der Waals surface area contributed by atoms with Crippen molar-refractivity contribution >= 4 is 11.9 Å². The Balaban J connectivity index is 2.68. The molecule has 1 rings (SSSR count). The first-order valence-electron chi connectivity index (χ1n) is 10.1. The second kappa shape index (κ2) is 10.4. The predicted molar refractivity (Wildman–Crippen MR) is 116 cm³/mol. The van der Waals surface area contributed by atoms with Gasteiger partial charge in [0.25, 0.3) is 0 Å². The molecular weight excluding hydrogens is 364 g/mol. The van der Waals surface area contributed by atoms with Gasteiger partial charge in [0.15, 0.2) is 0 Å². The van der Waals surface area contributed by atoms with E-state index in [4.69, 9.17) is 4.74 Å². The fourth-order valence-electron chi connectivity index (χ4n) is 3.22. The molecular formula is C25H35O4-. The van der Waals surface area contributed by atoms with E-state index in [0.717, 1.165) is 11.1 Å². The van der Waals surface area contributed by atoms with Gasteiger partial charge in [0.2, 0.25) is 0 Å². The summed E-state index contributed by atoms with van der Waals surface area (Å²) in [7, 11) is 0. The van der Waals surface area contributed by atoms with Gasteiger partial charge < -0.3 is 14.6 Å². The second-order valence-corrected chi connectivity index (χ2v) is 9.20. The standard InChI is InChI=1S/C25H36O4/c1-18(13-14-21-20(3)12-9-15-24(21,4)5)10-8-11-19(2)16-22(26)29-17-25(6,7)23(27)28/h8,10-11,13-14,16H,9,12,15,17H2,1-7H3,(H,27,28)/p-1/b11-8+,14-13+,18-10+,19-16+. The summed E-state index contributed by atoms with van der Waals surface area (Å²) in [6.45, 7) is 13.3. The Morgan fingerprint density at radius 1 is 1.17 bits per heavy atom. The van der Waals surface area contributed by atoms with E-state index in [0.29, 0.717) is 0 Å². The number of carboxylic acids is 1. The maximum absolute atomic E-state index is 11.8. The van der Waals surface area contributed by atoms with Crippen molar-refractivity contribution < 1.29 is 19.4 Å². The van der Waals surface area contributed by atoms with Gasteiger partial charge in [0, 0.05) is 11.5 Å². The van der Waals surface area contributed by atoms with Crippen LogP contribution in [-0.4, -0.2) is 18.5 Å². The summed E-state index contributed by atoms with van der Waals surface area (Å²) in [5.74, 6) is -1.81. The molecule has 29 heavy (non-hydrogen) atoms. The maximum Gasteiger partial charge on any atom is 0.331 e. The number of esters is 1. The number of carbonyl (C=O) groups is 2. The summed E-state index contributed by atoms with van der Waals surface area (Å²) >= 11 is 0. The van der Waals surface area contributed by atoms with Crippen molar-refractivity contribution in [1.29, 1.82) is 0 Å². The molecule has 0 bridgehead atoms. The number of rotatable bonds is 8. The molecule has 0 fully saturated rings. The van der Waals surface area contributed by atoms with Crippen LogP contribution < -0.4 is 5.11 Å². The van der Waals surface area contributed by atoms with Crippen LogP contribution in [0.2, 0.25) is 0 Å². The average molecular weight is 400 g/mol. The lowest BCUT2D eigenvalue weighted by Crippen LogP contribution is -2.41. The van der Waals surface area contributed by atoms with Crippen LogP contribution in [0, 0.1) is 10.8 Å². The zero-order valence-electron chi connectivity index (χ0n) is 18.9. The van der Waals surface area contributed by atoms with Crippen LogP contribution in [0.25, 0.3) is 0 Å². The molecule has 160 valence electrons. The number of hydrogen-bond donors (Lipinski definition) is 0. The fourth-order valence-corrected chi connectivity index (χ4v) is 3.22. The van der Waals surface area contributed by atoms with Crippen molar-refractivity contribution in [1.82, 2.24) is 0 Å². The first-order chi connectivity index (χ1) is 13.3. The molecule has 0 aromatic carbocycles. The van der Waals surface area contributed by atoms with Gasteiger partial charge in [0.1, 0.15) is 6.61 Å². The Hall–Kier alpha value is -2.36. The summed E-state index contributed by atoms with van der Waals surface area (Å²) in [4.78, 5) is 22.7. The zero-order chi connectivity index (χ0) is 22.2. The highest BCUT2D eigenvalue weighted by molar-refractivity contribution is 5.83. The molecule has 0 saturated carbocycles. The summed E-state index contributed by atoms with van der Waals surface area (Å²) in [6.07, 6.45) is 15.0. The first kappa shape index (κ1) is 24.7. The van der Waals surface area contributed by atoms with Crippen molar-refractivity contribution in [3.63, 3.8) is 0 Å². The van der Waals surface area contributed by atoms with E-state index in [1.165, 1.54) is 50.3 Å². The number of carbonyl (C=O) groups excluding carboxylic acids is 2. The van der Waals surface area contributed by atoms with Gasteiger partial charge in [-0.15, -0.1) is 0 Å². The summed E-state index contributed by atoms with van der Waals surface area (Å²) in [5, 5.41) is 10.9. The van der Waals surface area contributed by atoms with Crippen LogP contribution in [-0.2, 0) is 14.3 Å². The molecule has 4 nitrogen and oxygen atoms in total. The van der Waals surface area contributed by atoms with Crippen LogP contribution in [0.15, 0.2) is 58.7 Å². The highest BCUT2D eigenvalue weighted by atomic mass is 16.5. The fraction of sp³-hybridized carbons (Fsp3) is 0.520. The Bertz CT molecular complexity index is 771. The van der Waals surface area contributed by atoms with Gasteiger partial charge in [-0.2, -0.15) is 0 Å². The van der Waals surface area contributed by atoms with Crippen molar-refractivity contribution in [3.05, 3.63) is 58.7 Å². The molecule has 0 aromatic rings. The largest absolute Gasteiger partial charge is 0.549 e. The highest BCUT2D eigenvalue weighted by Crippen LogP contribution is 2.40.